The van der Waals surface area contributed by atoms with Crippen molar-refractivity contribution in [3.05, 3.63) is 24.3 Å². The van der Waals surface area contributed by atoms with Crippen LogP contribution in [0.25, 0.3) is 0 Å². The van der Waals surface area contributed by atoms with Gasteiger partial charge in [0.25, 0.3) is 0 Å². The Balaban J connectivity index is 2.50. The van der Waals surface area contributed by atoms with E-state index in [4.69, 9.17) is 9.84 Å². The summed E-state index contributed by atoms with van der Waals surface area (Å²) < 4.78 is 32.1. The molecule has 18 heavy (non-hydrogen) atoms. The number of nitrogens with zero attached hydrogens (tertiary/aromatic N) is 1. The number of carboxylic acid groups (broad SMARTS) is 1. The molecule has 0 saturated heterocycles. The van der Waals surface area contributed by atoms with E-state index in [9.17, 15) is 13.2 Å². The number of rotatable bonds is 3. The minimum absolute atomic E-state index is 0.231. The van der Waals surface area contributed by atoms with Crippen molar-refractivity contribution in [2.75, 3.05) is 17.9 Å². The summed E-state index contributed by atoms with van der Waals surface area (Å²) >= 11 is 0. The maximum Gasteiger partial charge on any atom is 0.346 e. The number of nitrogens with one attached hydrogen (secondary N) is 1. The van der Waals surface area contributed by atoms with Crippen LogP contribution in [0.5, 0.6) is 5.75 Å². The van der Waals surface area contributed by atoms with E-state index in [1.165, 1.54) is 13.1 Å². The molecular formula is C10H12N2O5S. The number of anilines is 1. The highest BCUT2D eigenvalue weighted by atomic mass is 32.2. The van der Waals surface area contributed by atoms with Crippen molar-refractivity contribution in [2.45, 2.75) is 6.10 Å². The lowest BCUT2D eigenvalue weighted by Gasteiger charge is -2.33. The number of para-hydroxylation sites is 2. The maximum atomic E-state index is 11.9. The molecule has 0 radical (unpaired) electrons. The molecule has 1 heterocycles. The molecular weight excluding hydrogens is 260 g/mol. The number of hydrogen-bond acceptors (Lipinski definition) is 4. The first-order valence-corrected chi connectivity index (χ1v) is 6.59. The van der Waals surface area contributed by atoms with Crippen molar-refractivity contribution >= 4 is 21.9 Å². The van der Waals surface area contributed by atoms with E-state index >= 15 is 0 Å². The molecule has 1 aromatic rings. The van der Waals surface area contributed by atoms with Gasteiger partial charge in [-0.25, -0.2) is 13.8 Å². The second-order valence-corrected chi connectivity index (χ2v) is 5.45. The van der Waals surface area contributed by atoms with Crippen LogP contribution in [0.4, 0.5) is 5.69 Å². The Morgan fingerprint density at radius 2 is 2.17 bits per heavy atom. The molecule has 0 aliphatic carbocycles. The minimum Gasteiger partial charge on any atom is -0.478 e. The summed E-state index contributed by atoms with van der Waals surface area (Å²) in [4.78, 5) is 11.0. The monoisotopic (exact) mass is 272 g/mol. The summed E-state index contributed by atoms with van der Waals surface area (Å²) in [6.07, 6.45) is -1.22. The topological polar surface area (TPSA) is 95.9 Å². The standard InChI is InChI=1S/C10H12N2O5S/c1-11-18(15,16)12-6-9(10(13)14)17-8-5-3-2-4-7(8)12/h2-5,9,11H,6H2,1H3,(H,13,14). The van der Waals surface area contributed by atoms with Crippen LogP contribution in [0.2, 0.25) is 0 Å². The fraction of sp³-hybridized carbons (Fsp3) is 0.300. The van der Waals surface area contributed by atoms with Gasteiger partial charge in [0.05, 0.1) is 12.2 Å². The van der Waals surface area contributed by atoms with Crippen molar-refractivity contribution in [3.8, 4) is 5.75 Å². The van der Waals surface area contributed by atoms with Crippen LogP contribution < -0.4 is 13.8 Å². The van der Waals surface area contributed by atoms with E-state index < -0.39 is 22.3 Å². The van der Waals surface area contributed by atoms with Crippen molar-refractivity contribution in [1.82, 2.24) is 4.72 Å². The van der Waals surface area contributed by atoms with Gasteiger partial charge in [0, 0.05) is 7.05 Å². The molecule has 0 amide bonds. The van der Waals surface area contributed by atoms with E-state index in [2.05, 4.69) is 4.72 Å². The average Bonchev–Trinajstić information content (AvgIpc) is 2.37. The Bertz CT molecular complexity index is 571. The van der Waals surface area contributed by atoms with Gasteiger partial charge in [-0.05, 0) is 12.1 Å². The zero-order chi connectivity index (χ0) is 13.3. The highest BCUT2D eigenvalue weighted by Gasteiger charge is 2.35. The first kappa shape index (κ1) is 12.7. The van der Waals surface area contributed by atoms with Gasteiger partial charge in [0.15, 0.2) is 0 Å². The van der Waals surface area contributed by atoms with Gasteiger partial charge in [-0.2, -0.15) is 8.42 Å². The second-order valence-electron chi connectivity index (χ2n) is 3.65. The van der Waals surface area contributed by atoms with Gasteiger partial charge < -0.3 is 9.84 Å². The molecule has 0 fully saturated rings. The fourth-order valence-electron chi connectivity index (χ4n) is 1.67. The lowest BCUT2D eigenvalue weighted by atomic mass is 10.2. The molecule has 1 aliphatic heterocycles. The maximum absolute atomic E-state index is 11.9. The smallest absolute Gasteiger partial charge is 0.346 e. The quantitative estimate of drug-likeness (QED) is 0.794. The van der Waals surface area contributed by atoms with Crippen molar-refractivity contribution in [2.24, 2.45) is 0 Å². The molecule has 2 N–H and O–H groups in total. The molecule has 98 valence electrons. The van der Waals surface area contributed by atoms with Crippen LogP contribution in [0.1, 0.15) is 0 Å². The predicted molar refractivity (Wildman–Crippen MR) is 63.8 cm³/mol. The Hall–Kier alpha value is -1.80. The van der Waals surface area contributed by atoms with Crippen molar-refractivity contribution in [1.29, 1.82) is 0 Å². The van der Waals surface area contributed by atoms with Crippen LogP contribution in [-0.2, 0) is 15.0 Å². The number of carboxylic acids is 1. The molecule has 1 atom stereocenters. The van der Waals surface area contributed by atoms with E-state index in [1.807, 2.05) is 0 Å². The first-order valence-electron chi connectivity index (χ1n) is 5.15. The molecule has 7 nitrogen and oxygen atoms in total. The first-order chi connectivity index (χ1) is 8.45. The summed E-state index contributed by atoms with van der Waals surface area (Å²) in [6.45, 7) is -0.268. The van der Waals surface area contributed by atoms with Crippen LogP contribution in [-0.4, -0.2) is 39.2 Å². The third-order valence-corrected chi connectivity index (χ3v) is 4.00. The molecule has 0 aromatic heterocycles. The third-order valence-electron chi connectivity index (χ3n) is 2.56. The number of fused-ring (bicyclic) bond motifs is 1. The summed E-state index contributed by atoms with van der Waals surface area (Å²) in [5, 5.41) is 8.95. The SMILES string of the molecule is CNS(=O)(=O)N1CC(C(=O)O)Oc2ccccc21. The molecule has 0 saturated carbocycles. The van der Waals surface area contributed by atoms with Crippen LogP contribution in [0.3, 0.4) is 0 Å². The molecule has 1 unspecified atom stereocenters. The summed E-state index contributed by atoms with van der Waals surface area (Å²) in [7, 11) is -2.49. The van der Waals surface area contributed by atoms with Crippen molar-refractivity contribution < 1.29 is 23.1 Å². The number of ether oxygens (including phenoxy) is 1. The summed E-state index contributed by atoms with van der Waals surface area (Å²) in [5.74, 6) is -0.976. The Kier molecular flexibility index (Phi) is 3.14. The van der Waals surface area contributed by atoms with Crippen molar-refractivity contribution in [3.63, 3.8) is 0 Å². The molecule has 0 bridgehead atoms. The number of aliphatic carboxylic acids is 1. The van der Waals surface area contributed by atoms with Gasteiger partial charge in [-0.1, -0.05) is 12.1 Å². The van der Waals surface area contributed by atoms with Crippen LogP contribution in [0, 0.1) is 0 Å². The van der Waals surface area contributed by atoms with E-state index in [0.717, 1.165) is 4.31 Å². The molecule has 1 aromatic carbocycles. The largest absolute Gasteiger partial charge is 0.478 e. The van der Waals surface area contributed by atoms with E-state index in [1.54, 1.807) is 18.2 Å². The van der Waals surface area contributed by atoms with Gasteiger partial charge >= 0.3 is 16.2 Å². The van der Waals surface area contributed by atoms with E-state index in [-0.39, 0.29) is 12.3 Å². The zero-order valence-electron chi connectivity index (χ0n) is 9.53. The average molecular weight is 272 g/mol. The van der Waals surface area contributed by atoms with Crippen LogP contribution >= 0.6 is 0 Å². The Morgan fingerprint density at radius 3 is 2.78 bits per heavy atom. The highest BCUT2D eigenvalue weighted by molar-refractivity contribution is 7.90. The molecule has 1 aliphatic rings. The second kappa shape index (κ2) is 4.46. The Morgan fingerprint density at radius 1 is 1.50 bits per heavy atom. The highest BCUT2D eigenvalue weighted by Crippen LogP contribution is 2.34. The predicted octanol–water partition coefficient (Wildman–Crippen LogP) is -0.197. The lowest BCUT2D eigenvalue weighted by molar-refractivity contribution is -0.144. The third kappa shape index (κ3) is 2.12. The fourth-order valence-corrected chi connectivity index (χ4v) is 2.63. The van der Waals surface area contributed by atoms with Gasteiger partial charge in [0.2, 0.25) is 6.10 Å². The molecule has 8 heteroatoms. The summed E-state index contributed by atoms with van der Waals surface area (Å²) in [5.41, 5.74) is 0.323. The normalized spacial score (nSPS) is 18.9. The van der Waals surface area contributed by atoms with Crippen LogP contribution in [0.15, 0.2) is 24.3 Å². The Labute approximate surface area is 104 Å². The van der Waals surface area contributed by atoms with Gasteiger partial charge in [0.1, 0.15) is 5.75 Å². The van der Waals surface area contributed by atoms with Gasteiger partial charge in [-0.3, -0.25) is 0 Å². The van der Waals surface area contributed by atoms with E-state index in [0.29, 0.717) is 5.69 Å². The number of carbonyl (C=O) groups is 1. The number of benzene rings is 1. The minimum atomic E-state index is -3.76. The molecule has 2 rings (SSSR count). The molecule has 0 spiro atoms. The number of hydrogen-bond donors (Lipinski definition) is 2. The summed E-state index contributed by atoms with van der Waals surface area (Å²) in [6, 6.07) is 6.39. The zero-order valence-corrected chi connectivity index (χ0v) is 10.3. The lowest BCUT2D eigenvalue weighted by Crippen LogP contribution is -2.50. The van der Waals surface area contributed by atoms with Gasteiger partial charge in [-0.15, -0.1) is 0 Å².